The maximum absolute atomic E-state index is 12.4. The van der Waals surface area contributed by atoms with Gasteiger partial charge in [0.05, 0.1) is 16.1 Å². The van der Waals surface area contributed by atoms with Gasteiger partial charge in [-0.2, -0.15) is 0 Å². The summed E-state index contributed by atoms with van der Waals surface area (Å²) in [5.41, 5.74) is 1.72. The molecule has 148 valence electrons. The van der Waals surface area contributed by atoms with Crippen molar-refractivity contribution in [2.24, 2.45) is 0 Å². The summed E-state index contributed by atoms with van der Waals surface area (Å²) < 4.78 is 13.0. The summed E-state index contributed by atoms with van der Waals surface area (Å²) in [7, 11) is 0. The van der Waals surface area contributed by atoms with Gasteiger partial charge in [-0.3, -0.25) is 4.79 Å². The van der Waals surface area contributed by atoms with Crippen molar-refractivity contribution in [2.45, 2.75) is 26.5 Å². The van der Waals surface area contributed by atoms with Gasteiger partial charge in [0.15, 0.2) is 0 Å². The van der Waals surface area contributed by atoms with Gasteiger partial charge in [-0.15, -0.1) is 0 Å². The van der Waals surface area contributed by atoms with E-state index in [-0.39, 0.29) is 19.1 Å². The van der Waals surface area contributed by atoms with Crippen LogP contribution in [0.4, 0.5) is 0 Å². The van der Waals surface area contributed by atoms with Crippen LogP contribution in [0.5, 0.6) is 5.75 Å². The summed E-state index contributed by atoms with van der Waals surface area (Å²) in [6.07, 6.45) is 0.784. The molecule has 1 aromatic heterocycles. The van der Waals surface area contributed by atoms with Crippen LogP contribution in [0, 0.1) is 0 Å². The van der Waals surface area contributed by atoms with Crippen LogP contribution in [-0.2, 0) is 22.7 Å². The molecule has 0 saturated heterocycles. The number of fused-ring (bicyclic) bond motifs is 1. The highest BCUT2D eigenvalue weighted by Gasteiger charge is 2.14. The molecule has 0 saturated carbocycles. The minimum Gasteiger partial charge on any atom is -0.484 e. The molecule has 1 heterocycles. The van der Waals surface area contributed by atoms with Crippen molar-refractivity contribution in [1.29, 1.82) is 0 Å². The number of carbonyl (C=O) groups is 1. The fourth-order valence-electron chi connectivity index (χ4n) is 2.86. The molecule has 2 aromatic carbocycles. The standard InChI is InChI=1S/C21H24ClN3O3/c1-2-27-13-7-12-23-21(26)14-25-18-10-5-4-9-17(18)24-20(25)15-28-19-11-6-3-8-16(19)22/h3-6,8-11H,2,7,12-15H2,1H3,(H,23,26). The average Bonchev–Trinajstić information content (AvgIpc) is 3.05. The van der Waals surface area contributed by atoms with Crippen molar-refractivity contribution in [2.75, 3.05) is 19.8 Å². The lowest BCUT2D eigenvalue weighted by Crippen LogP contribution is -2.29. The Labute approximate surface area is 169 Å². The van der Waals surface area contributed by atoms with Gasteiger partial charge in [-0.1, -0.05) is 35.9 Å². The second-order valence-electron chi connectivity index (χ2n) is 6.22. The van der Waals surface area contributed by atoms with E-state index in [0.717, 1.165) is 17.5 Å². The van der Waals surface area contributed by atoms with E-state index in [9.17, 15) is 4.79 Å². The van der Waals surface area contributed by atoms with E-state index in [4.69, 9.17) is 21.1 Å². The molecular formula is C21H24ClN3O3. The summed E-state index contributed by atoms with van der Waals surface area (Å²) in [5.74, 6) is 1.19. The highest BCUT2D eigenvalue weighted by molar-refractivity contribution is 6.32. The van der Waals surface area contributed by atoms with Gasteiger partial charge < -0.3 is 19.4 Å². The zero-order valence-electron chi connectivity index (χ0n) is 15.9. The normalized spacial score (nSPS) is 10.9. The fraction of sp³-hybridized carbons (Fsp3) is 0.333. The van der Waals surface area contributed by atoms with Crippen LogP contribution >= 0.6 is 11.6 Å². The lowest BCUT2D eigenvalue weighted by molar-refractivity contribution is -0.121. The molecule has 0 aliphatic rings. The summed E-state index contributed by atoms with van der Waals surface area (Å²) >= 11 is 6.16. The third-order valence-electron chi connectivity index (χ3n) is 4.22. The zero-order chi connectivity index (χ0) is 19.8. The Kier molecular flexibility index (Phi) is 7.28. The summed E-state index contributed by atoms with van der Waals surface area (Å²) in [4.78, 5) is 17.0. The first kappa shape index (κ1) is 20.2. The van der Waals surface area contributed by atoms with E-state index in [1.165, 1.54) is 0 Å². The van der Waals surface area contributed by atoms with Gasteiger partial charge >= 0.3 is 0 Å². The van der Waals surface area contributed by atoms with Crippen LogP contribution in [0.1, 0.15) is 19.2 Å². The highest BCUT2D eigenvalue weighted by Crippen LogP contribution is 2.25. The van der Waals surface area contributed by atoms with E-state index in [2.05, 4.69) is 10.3 Å². The predicted molar refractivity (Wildman–Crippen MR) is 110 cm³/mol. The number of aromatic nitrogens is 2. The second kappa shape index (κ2) is 10.1. The number of carbonyl (C=O) groups excluding carboxylic acids is 1. The largest absolute Gasteiger partial charge is 0.484 e. The first-order valence-corrected chi connectivity index (χ1v) is 9.72. The van der Waals surface area contributed by atoms with Crippen LogP contribution in [0.25, 0.3) is 11.0 Å². The molecule has 0 atom stereocenters. The fourth-order valence-corrected chi connectivity index (χ4v) is 3.05. The lowest BCUT2D eigenvalue weighted by atomic mass is 10.3. The first-order chi connectivity index (χ1) is 13.7. The third-order valence-corrected chi connectivity index (χ3v) is 4.53. The summed E-state index contributed by atoms with van der Waals surface area (Å²) in [6.45, 7) is 4.25. The Morgan fingerprint density at radius 1 is 1.18 bits per heavy atom. The van der Waals surface area contributed by atoms with Crippen molar-refractivity contribution in [3.8, 4) is 5.75 Å². The molecule has 7 heteroatoms. The molecular weight excluding hydrogens is 378 g/mol. The smallest absolute Gasteiger partial charge is 0.240 e. The number of hydrogen-bond acceptors (Lipinski definition) is 4. The molecule has 0 unspecified atom stereocenters. The van der Waals surface area contributed by atoms with Crippen LogP contribution in [0.3, 0.4) is 0 Å². The van der Waals surface area contributed by atoms with Crippen LogP contribution in [0.2, 0.25) is 5.02 Å². The van der Waals surface area contributed by atoms with Gasteiger partial charge in [0, 0.05) is 19.8 Å². The Balaban J connectivity index is 1.70. The third kappa shape index (κ3) is 5.24. The molecule has 1 N–H and O–H groups in total. The highest BCUT2D eigenvalue weighted by atomic mass is 35.5. The Morgan fingerprint density at radius 3 is 2.79 bits per heavy atom. The molecule has 6 nitrogen and oxygen atoms in total. The van der Waals surface area contributed by atoms with Crippen molar-refractivity contribution in [3.05, 3.63) is 59.4 Å². The Morgan fingerprint density at radius 2 is 1.96 bits per heavy atom. The second-order valence-corrected chi connectivity index (χ2v) is 6.63. The van der Waals surface area contributed by atoms with Crippen LogP contribution in [0.15, 0.2) is 48.5 Å². The number of para-hydroxylation sites is 3. The van der Waals surface area contributed by atoms with Crippen LogP contribution in [-0.4, -0.2) is 35.2 Å². The topological polar surface area (TPSA) is 65.4 Å². The molecule has 0 spiro atoms. The van der Waals surface area contributed by atoms with E-state index < -0.39 is 0 Å². The van der Waals surface area contributed by atoms with Gasteiger partial charge in [0.2, 0.25) is 5.91 Å². The molecule has 0 aliphatic carbocycles. The number of hydrogen-bond donors (Lipinski definition) is 1. The number of amides is 1. The molecule has 3 aromatic rings. The monoisotopic (exact) mass is 401 g/mol. The number of nitrogens with one attached hydrogen (secondary N) is 1. The van der Waals surface area contributed by atoms with E-state index in [1.807, 2.05) is 47.9 Å². The maximum atomic E-state index is 12.4. The molecule has 28 heavy (non-hydrogen) atoms. The van der Waals surface area contributed by atoms with Crippen molar-refractivity contribution >= 4 is 28.5 Å². The van der Waals surface area contributed by atoms with Crippen molar-refractivity contribution in [1.82, 2.24) is 14.9 Å². The Hall–Kier alpha value is -2.57. The zero-order valence-corrected chi connectivity index (χ0v) is 16.6. The number of imidazole rings is 1. The minimum absolute atomic E-state index is 0.0707. The first-order valence-electron chi connectivity index (χ1n) is 9.35. The SMILES string of the molecule is CCOCCCNC(=O)Cn1c(COc2ccccc2Cl)nc2ccccc21. The van der Waals surface area contributed by atoms with Crippen molar-refractivity contribution in [3.63, 3.8) is 0 Å². The summed E-state index contributed by atoms with van der Waals surface area (Å²) in [5, 5.41) is 3.46. The molecule has 3 rings (SSSR count). The van der Waals surface area contributed by atoms with Gasteiger partial charge in [0.1, 0.15) is 24.7 Å². The maximum Gasteiger partial charge on any atom is 0.240 e. The van der Waals surface area contributed by atoms with Gasteiger partial charge in [-0.25, -0.2) is 4.98 Å². The summed E-state index contributed by atoms with van der Waals surface area (Å²) in [6, 6.07) is 15.0. The number of benzene rings is 2. The Bertz CT molecular complexity index is 926. The molecule has 1 amide bonds. The van der Waals surface area contributed by atoms with E-state index in [0.29, 0.717) is 36.4 Å². The van der Waals surface area contributed by atoms with Gasteiger partial charge in [-0.05, 0) is 37.6 Å². The number of ether oxygens (including phenoxy) is 2. The average molecular weight is 402 g/mol. The van der Waals surface area contributed by atoms with Crippen molar-refractivity contribution < 1.29 is 14.3 Å². The molecule has 0 fully saturated rings. The number of nitrogens with zero attached hydrogens (tertiary/aromatic N) is 2. The number of halogens is 1. The number of rotatable bonds is 10. The van der Waals surface area contributed by atoms with Crippen LogP contribution < -0.4 is 10.1 Å². The molecule has 0 bridgehead atoms. The van der Waals surface area contributed by atoms with E-state index in [1.54, 1.807) is 12.1 Å². The minimum atomic E-state index is -0.0707. The molecule has 0 radical (unpaired) electrons. The predicted octanol–water partition coefficient (Wildman–Crippen LogP) is 3.81. The van der Waals surface area contributed by atoms with Gasteiger partial charge in [0.25, 0.3) is 0 Å². The van der Waals surface area contributed by atoms with E-state index >= 15 is 0 Å². The molecule has 0 aliphatic heterocycles. The lowest BCUT2D eigenvalue weighted by Gasteiger charge is -2.11. The quantitative estimate of drug-likeness (QED) is 0.524.